The fourth-order valence-electron chi connectivity index (χ4n) is 0. The standard InChI is InChI=1S/C4H10.Al.Li.4H/c1-3-4-2;;;;;;/h3-4H2,1-2H3;;;;;;/q;;+1;;;;-1. The summed E-state index contributed by atoms with van der Waals surface area (Å²) >= 11 is 0. The Hall–Kier alpha value is 1.13. The van der Waals surface area contributed by atoms with E-state index in [1.165, 1.54) is 12.8 Å². The Kier molecular flexibility index (Phi) is 43.1. The third-order valence-electron chi connectivity index (χ3n) is 0.500. The number of rotatable bonds is 1. The summed E-state index contributed by atoms with van der Waals surface area (Å²) in [5.41, 5.74) is 0. The monoisotopic (exact) mass is 96.1 g/mol. The Morgan fingerprint density at radius 1 is 1.17 bits per heavy atom. The van der Waals surface area contributed by atoms with Crippen molar-refractivity contribution < 1.29 is 20.3 Å². The van der Waals surface area contributed by atoms with Gasteiger partial charge in [-0.25, -0.2) is 0 Å². The van der Waals surface area contributed by atoms with Crippen molar-refractivity contribution in [3.05, 3.63) is 0 Å². The predicted molar refractivity (Wildman–Crippen MR) is 31.6 cm³/mol. The van der Waals surface area contributed by atoms with Gasteiger partial charge in [0, 0.05) is 0 Å². The Bertz CT molecular complexity index is 13.7. The van der Waals surface area contributed by atoms with E-state index in [0.717, 1.165) is 0 Å². The van der Waals surface area contributed by atoms with Crippen molar-refractivity contribution in [2.24, 2.45) is 0 Å². The molecular formula is C4H14AlLi. The summed E-state index contributed by atoms with van der Waals surface area (Å²) in [7, 11) is 0. The Labute approximate surface area is 64.5 Å². The maximum Gasteiger partial charge on any atom is 1.00 e. The third kappa shape index (κ3) is 19.3. The van der Waals surface area contributed by atoms with Crippen molar-refractivity contribution in [2.75, 3.05) is 0 Å². The fourth-order valence-corrected chi connectivity index (χ4v) is 0. The van der Waals surface area contributed by atoms with Crippen molar-refractivity contribution >= 4 is 17.4 Å². The van der Waals surface area contributed by atoms with E-state index < -0.39 is 0 Å². The molecule has 0 amide bonds. The smallest absolute Gasteiger partial charge is 1.00 e. The minimum absolute atomic E-state index is 0. The molecule has 0 saturated carbocycles. The van der Waals surface area contributed by atoms with Crippen LogP contribution in [0.5, 0.6) is 0 Å². The number of hydrogen-bond acceptors (Lipinski definition) is 0. The first-order valence-electron chi connectivity index (χ1n) is 1.91. The molecule has 0 saturated heterocycles. The van der Waals surface area contributed by atoms with Crippen LogP contribution in [0, 0.1) is 0 Å². The maximum absolute atomic E-state index is 2.18. The Morgan fingerprint density at radius 3 is 1.33 bits per heavy atom. The first-order chi connectivity index (χ1) is 1.91. The van der Waals surface area contributed by atoms with Crippen LogP contribution >= 0.6 is 0 Å². The van der Waals surface area contributed by atoms with Gasteiger partial charge in [0.25, 0.3) is 0 Å². The molecule has 0 aromatic carbocycles. The van der Waals surface area contributed by atoms with Crippen LogP contribution in [0.25, 0.3) is 0 Å². The van der Waals surface area contributed by atoms with Crippen molar-refractivity contribution in [2.45, 2.75) is 26.7 Å². The molecule has 0 nitrogen and oxygen atoms in total. The van der Waals surface area contributed by atoms with Gasteiger partial charge in [0.15, 0.2) is 17.4 Å². The van der Waals surface area contributed by atoms with Gasteiger partial charge >= 0.3 is 18.9 Å². The molecule has 0 aliphatic heterocycles. The van der Waals surface area contributed by atoms with Gasteiger partial charge in [-0.3, -0.25) is 0 Å². The number of unbranched alkanes of at least 4 members (excludes halogenated alkanes) is 1. The van der Waals surface area contributed by atoms with E-state index in [1.54, 1.807) is 0 Å². The second-order valence-corrected chi connectivity index (χ2v) is 1.000. The zero-order valence-corrected chi connectivity index (χ0v) is 4.41. The molecule has 0 heterocycles. The van der Waals surface area contributed by atoms with E-state index in [0.29, 0.717) is 0 Å². The van der Waals surface area contributed by atoms with Crippen LogP contribution < -0.4 is 18.9 Å². The first-order valence-corrected chi connectivity index (χ1v) is 1.91. The molecule has 6 heavy (non-hydrogen) atoms. The van der Waals surface area contributed by atoms with Crippen molar-refractivity contribution in [1.82, 2.24) is 0 Å². The molecule has 0 radical (unpaired) electrons. The van der Waals surface area contributed by atoms with E-state index in [4.69, 9.17) is 0 Å². The normalized spacial score (nSPS) is 5.00. The molecule has 0 spiro atoms. The Balaban J connectivity index is -0.0000000150. The minimum Gasteiger partial charge on any atom is -1.00 e. The van der Waals surface area contributed by atoms with Crippen LogP contribution in [0.4, 0.5) is 0 Å². The quantitative estimate of drug-likeness (QED) is 0.323. The molecule has 2 heteroatoms. The van der Waals surface area contributed by atoms with E-state index >= 15 is 0 Å². The summed E-state index contributed by atoms with van der Waals surface area (Å²) in [4.78, 5) is 0. The summed E-state index contributed by atoms with van der Waals surface area (Å²) in [6.07, 6.45) is 2.64. The van der Waals surface area contributed by atoms with E-state index in [-0.39, 0.29) is 37.6 Å². The Morgan fingerprint density at radius 2 is 1.33 bits per heavy atom. The average Bonchev–Trinajstić information content (AvgIpc) is 1.37. The SMILES string of the molecule is CCCC.[AlH3].[H-].[Li+]. The molecule has 0 aromatic heterocycles. The van der Waals surface area contributed by atoms with E-state index in [2.05, 4.69) is 13.8 Å². The number of hydrogen-bond donors (Lipinski definition) is 0. The van der Waals surface area contributed by atoms with Gasteiger partial charge in [-0.2, -0.15) is 0 Å². The van der Waals surface area contributed by atoms with Crippen LogP contribution in [0.1, 0.15) is 28.1 Å². The zero-order valence-electron chi connectivity index (χ0n) is 5.41. The van der Waals surface area contributed by atoms with Crippen LogP contribution in [0.15, 0.2) is 0 Å². The maximum atomic E-state index is 2.18. The zero-order chi connectivity index (χ0) is 3.41. The molecule has 0 aromatic rings. The molecule has 0 N–H and O–H groups in total. The summed E-state index contributed by atoms with van der Waals surface area (Å²) in [6.45, 7) is 4.36. The molecule has 0 aliphatic rings. The molecule has 0 bridgehead atoms. The van der Waals surface area contributed by atoms with E-state index in [9.17, 15) is 0 Å². The molecule has 0 atom stereocenters. The third-order valence-corrected chi connectivity index (χ3v) is 0.500. The van der Waals surface area contributed by atoms with Crippen molar-refractivity contribution in [3.8, 4) is 0 Å². The molecule has 0 fully saturated rings. The summed E-state index contributed by atoms with van der Waals surface area (Å²) in [6, 6.07) is 0. The van der Waals surface area contributed by atoms with Crippen LogP contribution in [0.2, 0.25) is 0 Å². The molecule has 34 valence electrons. The molecule has 0 rings (SSSR count). The van der Waals surface area contributed by atoms with Gasteiger partial charge in [0.2, 0.25) is 0 Å². The van der Waals surface area contributed by atoms with Crippen LogP contribution in [-0.2, 0) is 0 Å². The summed E-state index contributed by atoms with van der Waals surface area (Å²) in [5, 5.41) is 0. The van der Waals surface area contributed by atoms with Crippen LogP contribution in [-0.4, -0.2) is 17.4 Å². The van der Waals surface area contributed by atoms with Crippen molar-refractivity contribution in [1.29, 1.82) is 0 Å². The topological polar surface area (TPSA) is 0 Å². The van der Waals surface area contributed by atoms with Gasteiger partial charge in [-0.05, 0) is 0 Å². The van der Waals surface area contributed by atoms with Crippen molar-refractivity contribution in [3.63, 3.8) is 0 Å². The summed E-state index contributed by atoms with van der Waals surface area (Å²) < 4.78 is 0. The predicted octanol–water partition coefficient (Wildman–Crippen LogP) is -2.26. The van der Waals surface area contributed by atoms with Gasteiger partial charge in [-0.1, -0.05) is 26.7 Å². The van der Waals surface area contributed by atoms with Gasteiger partial charge in [0.1, 0.15) is 0 Å². The van der Waals surface area contributed by atoms with Gasteiger partial charge < -0.3 is 1.43 Å². The summed E-state index contributed by atoms with van der Waals surface area (Å²) in [5.74, 6) is 0. The molecular weight excluding hydrogens is 82.0 g/mol. The first kappa shape index (κ1) is 15.7. The molecule has 0 aliphatic carbocycles. The second-order valence-electron chi connectivity index (χ2n) is 1.000. The van der Waals surface area contributed by atoms with E-state index in [1.807, 2.05) is 0 Å². The van der Waals surface area contributed by atoms with Crippen LogP contribution in [0.3, 0.4) is 0 Å². The largest absolute Gasteiger partial charge is 1.00 e. The van der Waals surface area contributed by atoms with Gasteiger partial charge in [-0.15, -0.1) is 0 Å². The molecule has 0 unspecified atom stereocenters. The second kappa shape index (κ2) is 16.5. The minimum atomic E-state index is 0. The average molecular weight is 96.1 g/mol. The fraction of sp³-hybridized carbons (Fsp3) is 1.00. The van der Waals surface area contributed by atoms with Gasteiger partial charge in [0.05, 0.1) is 0 Å².